The number of benzene rings is 1. The highest BCUT2D eigenvalue weighted by atomic mass is 16.6. The lowest BCUT2D eigenvalue weighted by Crippen LogP contribution is -2.41. The minimum absolute atomic E-state index is 0.123. The fraction of sp³-hybridized carbons (Fsp3) is 0.235. The Kier molecular flexibility index (Phi) is 6.16. The molecule has 0 bridgehead atoms. The summed E-state index contributed by atoms with van der Waals surface area (Å²) >= 11 is 0. The zero-order chi connectivity index (χ0) is 18.2. The number of ether oxygens (including phenoxy) is 2. The molecule has 1 heterocycles. The van der Waals surface area contributed by atoms with E-state index in [1.807, 2.05) is 0 Å². The van der Waals surface area contributed by atoms with Crippen LogP contribution < -0.4 is 15.4 Å². The number of carbonyl (C=O) groups excluding carboxylic acids is 3. The molecule has 8 heteroatoms. The SMILES string of the molecule is COC(=O)COc1cccc(NC(=O)C(C)NC(=O)c2ccco2)c1. The molecule has 0 saturated carbocycles. The number of carbonyl (C=O) groups is 3. The van der Waals surface area contributed by atoms with Crippen LogP contribution in [0.1, 0.15) is 17.5 Å². The molecular formula is C17H18N2O6. The standard InChI is InChI=1S/C17H18N2O6/c1-11(18-17(22)14-7-4-8-24-14)16(21)19-12-5-3-6-13(9-12)25-10-15(20)23-2/h3-9,11H,10H2,1-2H3,(H,18,22)(H,19,21). The number of anilines is 1. The van der Waals surface area contributed by atoms with Crippen molar-refractivity contribution < 1.29 is 28.3 Å². The average molecular weight is 346 g/mol. The van der Waals surface area contributed by atoms with Crippen molar-refractivity contribution in [1.82, 2.24) is 5.32 Å². The Hall–Kier alpha value is -3.29. The molecule has 0 aliphatic carbocycles. The van der Waals surface area contributed by atoms with Gasteiger partial charge in [-0.1, -0.05) is 6.07 Å². The first-order valence-corrected chi connectivity index (χ1v) is 7.44. The van der Waals surface area contributed by atoms with Crippen LogP contribution in [0.15, 0.2) is 47.1 Å². The first-order chi connectivity index (χ1) is 12.0. The summed E-state index contributed by atoms with van der Waals surface area (Å²) in [7, 11) is 1.26. The molecule has 1 atom stereocenters. The van der Waals surface area contributed by atoms with Crippen LogP contribution in [0.4, 0.5) is 5.69 Å². The van der Waals surface area contributed by atoms with Crippen LogP contribution in [0.25, 0.3) is 0 Å². The number of amides is 2. The lowest BCUT2D eigenvalue weighted by atomic mass is 10.2. The van der Waals surface area contributed by atoms with Gasteiger partial charge in [-0.3, -0.25) is 9.59 Å². The second-order valence-corrected chi connectivity index (χ2v) is 5.05. The number of esters is 1. The predicted octanol–water partition coefficient (Wildman–Crippen LogP) is 1.59. The molecule has 25 heavy (non-hydrogen) atoms. The van der Waals surface area contributed by atoms with Crippen molar-refractivity contribution in [3.05, 3.63) is 48.4 Å². The van der Waals surface area contributed by atoms with Gasteiger partial charge in [-0.25, -0.2) is 4.79 Å². The molecule has 2 amide bonds. The molecule has 1 unspecified atom stereocenters. The number of methoxy groups -OCH3 is 1. The zero-order valence-corrected chi connectivity index (χ0v) is 13.8. The van der Waals surface area contributed by atoms with Crippen molar-refractivity contribution in [3.8, 4) is 5.75 Å². The van der Waals surface area contributed by atoms with Gasteiger partial charge in [0.05, 0.1) is 13.4 Å². The van der Waals surface area contributed by atoms with Crippen molar-refractivity contribution in [3.63, 3.8) is 0 Å². The van der Waals surface area contributed by atoms with Gasteiger partial charge in [0, 0.05) is 11.8 Å². The fourth-order valence-corrected chi connectivity index (χ4v) is 1.86. The summed E-state index contributed by atoms with van der Waals surface area (Å²) in [6, 6.07) is 8.82. The highest BCUT2D eigenvalue weighted by molar-refractivity contribution is 5.99. The molecule has 0 saturated heterocycles. The molecule has 0 spiro atoms. The maximum atomic E-state index is 12.2. The van der Waals surface area contributed by atoms with Crippen molar-refractivity contribution >= 4 is 23.5 Å². The third kappa shape index (κ3) is 5.38. The molecular weight excluding hydrogens is 328 g/mol. The van der Waals surface area contributed by atoms with E-state index in [2.05, 4.69) is 15.4 Å². The van der Waals surface area contributed by atoms with E-state index in [0.29, 0.717) is 11.4 Å². The Morgan fingerprint density at radius 1 is 1.20 bits per heavy atom. The highest BCUT2D eigenvalue weighted by Crippen LogP contribution is 2.17. The second kappa shape index (κ2) is 8.53. The Morgan fingerprint density at radius 3 is 2.68 bits per heavy atom. The van der Waals surface area contributed by atoms with E-state index in [-0.39, 0.29) is 12.4 Å². The molecule has 0 aliphatic heterocycles. The first kappa shape index (κ1) is 18.1. The van der Waals surface area contributed by atoms with E-state index in [9.17, 15) is 14.4 Å². The maximum Gasteiger partial charge on any atom is 0.343 e. The molecule has 2 aromatic rings. The van der Waals surface area contributed by atoms with E-state index < -0.39 is 23.8 Å². The third-order valence-corrected chi connectivity index (χ3v) is 3.17. The van der Waals surface area contributed by atoms with Gasteiger partial charge in [-0.15, -0.1) is 0 Å². The van der Waals surface area contributed by atoms with E-state index >= 15 is 0 Å². The van der Waals surface area contributed by atoms with Gasteiger partial charge in [0.2, 0.25) is 5.91 Å². The summed E-state index contributed by atoms with van der Waals surface area (Å²) in [5.74, 6) is -0.884. The molecule has 0 fully saturated rings. The van der Waals surface area contributed by atoms with E-state index in [1.165, 1.54) is 19.4 Å². The van der Waals surface area contributed by atoms with Crippen LogP contribution in [-0.4, -0.2) is 37.5 Å². The normalized spacial score (nSPS) is 11.3. The summed E-state index contributed by atoms with van der Waals surface area (Å²) < 4.78 is 14.7. The Labute approximate surface area is 144 Å². The van der Waals surface area contributed by atoms with Crippen LogP contribution >= 0.6 is 0 Å². The number of hydrogen-bond donors (Lipinski definition) is 2. The Balaban J connectivity index is 1.91. The predicted molar refractivity (Wildman–Crippen MR) is 88.2 cm³/mol. The van der Waals surface area contributed by atoms with E-state index in [4.69, 9.17) is 9.15 Å². The van der Waals surface area contributed by atoms with Crippen LogP contribution in [0, 0.1) is 0 Å². The van der Waals surface area contributed by atoms with Gasteiger partial charge in [-0.05, 0) is 31.2 Å². The van der Waals surface area contributed by atoms with Crippen LogP contribution in [0.5, 0.6) is 5.75 Å². The number of nitrogens with one attached hydrogen (secondary N) is 2. The summed E-state index contributed by atoms with van der Waals surface area (Å²) in [6.07, 6.45) is 1.37. The first-order valence-electron chi connectivity index (χ1n) is 7.44. The second-order valence-electron chi connectivity index (χ2n) is 5.05. The van der Waals surface area contributed by atoms with Crippen molar-refractivity contribution in [1.29, 1.82) is 0 Å². The number of hydrogen-bond acceptors (Lipinski definition) is 6. The van der Waals surface area contributed by atoms with E-state index in [1.54, 1.807) is 37.3 Å². The average Bonchev–Trinajstić information content (AvgIpc) is 3.14. The topological polar surface area (TPSA) is 107 Å². The molecule has 1 aromatic carbocycles. The maximum absolute atomic E-state index is 12.2. The molecule has 0 radical (unpaired) electrons. The van der Waals surface area contributed by atoms with Crippen molar-refractivity contribution in [2.75, 3.05) is 19.0 Å². The quantitative estimate of drug-likeness (QED) is 0.737. The minimum atomic E-state index is -0.780. The summed E-state index contributed by atoms with van der Waals surface area (Å²) in [5, 5.41) is 5.18. The third-order valence-electron chi connectivity index (χ3n) is 3.17. The monoisotopic (exact) mass is 346 g/mol. The number of rotatable bonds is 7. The lowest BCUT2D eigenvalue weighted by Gasteiger charge is -2.14. The molecule has 2 rings (SSSR count). The van der Waals surface area contributed by atoms with Crippen LogP contribution in [-0.2, 0) is 14.3 Å². The lowest BCUT2D eigenvalue weighted by molar-refractivity contribution is -0.142. The Morgan fingerprint density at radius 2 is 2.00 bits per heavy atom. The molecule has 132 valence electrons. The number of furan rings is 1. The van der Waals surface area contributed by atoms with Gasteiger partial charge < -0.3 is 24.5 Å². The van der Waals surface area contributed by atoms with Gasteiger partial charge in [0.1, 0.15) is 11.8 Å². The largest absolute Gasteiger partial charge is 0.482 e. The highest BCUT2D eigenvalue weighted by Gasteiger charge is 2.18. The van der Waals surface area contributed by atoms with Gasteiger partial charge in [0.15, 0.2) is 12.4 Å². The Bertz CT molecular complexity index is 741. The van der Waals surface area contributed by atoms with Crippen LogP contribution in [0.2, 0.25) is 0 Å². The fourth-order valence-electron chi connectivity index (χ4n) is 1.86. The van der Waals surface area contributed by atoms with Gasteiger partial charge >= 0.3 is 5.97 Å². The summed E-state index contributed by atoms with van der Waals surface area (Å²) in [5.41, 5.74) is 0.464. The van der Waals surface area contributed by atoms with Gasteiger partial charge in [-0.2, -0.15) is 0 Å². The van der Waals surface area contributed by atoms with Gasteiger partial charge in [0.25, 0.3) is 5.91 Å². The van der Waals surface area contributed by atoms with E-state index in [0.717, 1.165) is 0 Å². The van der Waals surface area contributed by atoms with Crippen LogP contribution in [0.3, 0.4) is 0 Å². The molecule has 8 nitrogen and oxygen atoms in total. The minimum Gasteiger partial charge on any atom is -0.482 e. The zero-order valence-electron chi connectivity index (χ0n) is 13.8. The summed E-state index contributed by atoms with van der Waals surface area (Å²) in [6.45, 7) is 1.32. The molecule has 2 N–H and O–H groups in total. The van der Waals surface area contributed by atoms with Crippen molar-refractivity contribution in [2.24, 2.45) is 0 Å². The molecule has 1 aromatic heterocycles. The molecule has 0 aliphatic rings. The van der Waals surface area contributed by atoms with Crippen molar-refractivity contribution in [2.45, 2.75) is 13.0 Å². The summed E-state index contributed by atoms with van der Waals surface area (Å²) in [4.78, 5) is 35.1. The smallest absolute Gasteiger partial charge is 0.343 e.